The van der Waals surface area contributed by atoms with Crippen molar-refractivity contribution < 1.29 is 17.9 Å². The van der Waals surface area contributed by atoms with Crippen molar-refractivity contribution in [3.63, 3.8) is 0 Å². The Labute approximate surface area is 114 Å². The zero-order chi connectivity index (χ0) is 14.6. The maximum atomic E-state index is 12.0. The van der Waals surface area contributed by atoms with Gasteiger partial charge in [-0.1, -0.05) is 26.0 Å². The van der Waals surface area contributed by atoms with Crippen molar-refractivity contribution in [2.45, 2.75) is 37.7 Å². The molecule has 1 N–H and O–H groups in total. The van der Waals surface area contributed by atoms with Gasteiger partial charge in [0.15, 0.2) is 0 Å². The average molecular weight is 285 g/mol. The van der Waals surface area contributed by atoms with Gasteiger partial charge in [-0.2, -0.15) is 0 Å². The van der Waals surface area contributed by atoms with Gasteiger partial charge < -0.3 is 4.74 Å². The first-order chi connectivity index (χ1) is 8.77. The summed E-state index contributed by atoms with van der Waals surface area (Å²) in [6.45, 7) is 5.52. The summed E-state index contributed by atoms with van der Waals surface area (Å²) in [5, 5.41) is 0. The highest BCUT2D eigenvalue weighted by Crippen LogP contribution is 2.17. The molecule has 0 aliphatic carbocycles. The lowest BCUT2D eigenvalue weighted by Gasteiger charge is -2.12. The van der Waals surface area contributed by atoms with Gasteiger partial charge in [-0.15, -0.1) is 0 Å². The molecule has 6 heteroatoms. The van der Waals surface area contributed by atoms with Crippen molar-refractivity contribution in [1.82, 2.24) is 4.72 Å². The van der Waals surface area contributed by atoms with Crippen LogP contribution in [-0.2, 0) is 19.6 Å². The van der Waals surface area contributed by atoms with Crippen molar-refractivity contribution in [3.05, 3.63) is 29.8 Å². The third-order valence-electron chi connectivity index (χ3n) is 2.81. The first-order valence-electron chi connectivity index (χ1n) is 5.97. The summed E-state index contributed by atoms with van der Waals surface area (Å²) in [4.78, 5) is 11.6. The van der Waals surface area contributed by atoms with Crippen molar-refractivity contribution in [1.29, 1.82) is 0 Å². The maximum absolute atomic E-state index is 12.0. The van der Waals surface area contributed by atoms with Gasteiger partial charge in [0.05, 0.1) is 4.90 Å². The van der Waals surface area contributed by atoms with E-state index in [1.54, 1.807) is 12.1 Å². The molecule has 0 aliphatic rings. The van der Waals surface area contributed by atoms with E-state index in [9.17, 15) is 13.2 Å². The fraction of sp³-hybridized carbons (Fsp3) is 0.462. The minimum atomic E-state index is -3.84. The normalized spacial score (nSPS) is 13.3. The molecular weight excluding hydrogens is 266 g/mol. The molecule has 1 amide bonds. The number of sulfonamides is 1. The van der Waals surface area contributed by atoms with E-state index in [-0.39, 0.29) is 4.90 Å². The van der Waals surface area contributed by atoms with Crippen molar-refractivity contribution in [2.75, 3.05) is 7.11 Å². The Hall–Kier alpha value is -1.40. The van der Waals surface area contributed by atoms with E-state index in [2.05, 4.69) is 0 Å². The lowest BCUT2D eigenvalue weighted by atomic mass is 10.0. The lowest BCUT2D eigenvalue weighted by Crippen LogP contribution is -2.38. The van der Waals surface area contributed by atoms with Crippen LogP contribution < -0.4 is 4.72 Å². The molecule has 1 unspecified atom stereocenters. The molecule has 1 atom stereocenters. The molecule has 0 heterocycles. The Bertz CT molecular complexity index is 534. The van der Waals surface area contributed by atoms with Crippen LogP contribution in [0.25, 0.3) is 0 Å². The highest BCUT2D eigenvalue weighted by Gasteiger charge is 2.21. The topological polar surface area (TPSA) is 72.5 Å². The van der Waals surface area contributed by atoms with E-state index in [0.29, 0.717) is 5.92 Å². The van der Waals surface area contributed by atoms with Crippen molar-refractivity contribution >= 4 is 15.9 Å². The molecular formula is C13H19NO4S. The van der Waals surface area contributed by atoms with E-state index >= 15 is 0 Å². The summed E-state index contributed by atoms with van der Waals surface area (Å²) in [6, 6.07) is 6.46. The van der Waals surface area contributed by atoms with E-state index in [1.807, 2.05) is 18.6 Å². The number of benzene rings is 1. The summed E-state index contributed by atoms with van der Waals surface area (Å²) in [5.41, 5.74) is 1.04. The smallest absolute Gasteiger partial charge is 0.264 e. The number of amides is 1. The van der Waals surface area contributed by atoms with Crippen LogP contribution in [0.1, 0.15) is 32.3 Å². The molecule has 1 aromatic rings. The van der Waals surface area contributed by atoms with Crippen LogP contribution in [0.3, 0.4) is 0 Å². The molecule has 1 rings (SSSR count). The van der Waals surface area contributed by atoms with E-state index in [1.165, 1.54) is 26.2 Å². The molecule has 1 aromatic carbocycles. The summed E-state index contributed by atoms with van der Waals surface area (Å²) in [7, 11) is -2.50. The molecule has 0 saturated carbocycles. The van der Waals surface area contributed by atoms with Gasteiger partial charge in [-0.05, 0) is 30.5 Å². The fourth-order valence-corrected chi connectivity index (χ4v) is 2.46. The SMILES string of the molecule is COC(C)C(=O)NS(=O)(=O)c1ccc(C(C)C)cc1. The van der Waals surface area contributed by atoms with E-state index in [0.717, 1.165) is 5.56 Å². The monoisotopic (exact) mass is 285 g/mol. The number of hydrogen-bond acceptors (Lipinski definition) is 4. The van der Waals surface area contributed by atoms with E-state index in [4.69, 9.17) is 4.74 Å². The molecule has 19 heavy (non-hydrogen) atoms. The largest absolute Gasteiger partial charge is 0.372 e. The van der Waals surface area contributed by atoms with Gasteiger partial charge in [0.1, 0.15) is 6.10 Å². The maximum Gasteiger partial charge on any atom is 0.264 e. The molecule has 0 fully saturated rings. The summed E-state index contributed by atoms with van der Waals surface area (Å²) < 4.78 is 30.7. The summed E-state index contributed by atoms with van der Waals surface area (Å²) >= 11 is 0. The third-order valence-corrected chi connectivity index (χ3v) is 4.18. The van der Waals surface area contributed by atoms with Crippen LogP contribution in [-0.4, -0.2) is 27.5 Å². The molecule has 0 spiro atoms. The molecule has 0 bridgehead atoms. The van der Waals surface area contributed by atoms with Gasteiger partial charge in [-0.25, -0.2) is 13.1 Å². The summed E-state index contributed by atoms with van der Waals surface area (Å²) in [6.07, 6.45) is -0.815. The van der Waals surface area contributed by atoms with Crippen molar-refractivity contribution in [2.24, 2.45) is 0 Å². The highest BCUT2D eigenvalue weighted by atomic mass is 32.2. The Morgan fingerprint density at radius 2 is 1.68 bits per heavy atom. The molecule has 106 valence electrons. The fourth-order valence-electron chi connectivity index (χ4n) is 1.41. The van der Waals surface area contributed by atoms with Gasteiger partial charge >= 0.3 is 0 Å². The number of carbonyl (C=O) groups excluding carboxylic acids is 1. The van der Waals surface area contributed by atoms with Crippen LogP contribution in [0.4, 0.5) is 0 Å². The molecule has 0 saturated heterocycles. The van der Waals surface area contributed by atoms with E-state index < -0.39 is 22.0 Å². The number of ether oxygens (including phenoxy) is 1. The number of nitrogens with one attached hydrogen (secondary N) is 1. The minimum absolute atomic E-state index is 0.0635. The Morgan fingerprint density at radius 1 is 1.16 bits per heavy atom. The predicted molar refractivity (Wildman–Crippen MR) is 72.3 cm³/mol. The second-order valence-electron chi connectivity index (χ2n) is 4.57. The number of rotatable bonds is 5. The minimum Gasteiger partial charge on any atom is -0.372 e. The number of hydrogen-bond donors (Lipinski definition) is 1. The zero-order valence-corrected chi connectivity index (χ0v) is 12.3. The van der Waals surface area contributed by atoms with Crippen LogP contribution in [0.5, 0.6) is 0 Å². The summed E-state index contributed by atoms with van der Waals surface area (Å²) in [5.74, 6) is -0.365. The predicted octanol–water partition coefficient (Wildman–Crippen LogP) is 1.65. The first kappa shape index (κ1) is 15.7. The molecule has 0 radical (unpaired) electrons. The second kappa shape index (κ2) is 6.16. The van der Waals surface area contributed by atoms with Crippen LogP contribution >= 0.6 is 0 Å². The average Bonchev–Trinajstić information content (AvgIpc) is 2.37. The van der Waals surface area contributed by atoms with Crippen LogP contribution in [0, 0.1) is 0 Å². The van der Waals surface area contributed by atoms with Gasteiger partial charge in [0, 0.05) is 7.11 Å². The first-order valence-corrected chi connectivity index (χ1v) is 7.45. The highest BCUT2D eigenvalue weighted by molar-refractivity contribution is 7.90. The third kappa shape index (κ3) is 4.04. The number of carbonyl (C=O) groups is 1. The molecule has 5 nitrogen and oxygen atoms in total. The molecule has 0 aliphatic heterocycles. The Kier molecular flexibility index (Phi) is 5.08. The quantitative estimate of drug-likeness (QED) is 0.893. The standard InChI is InChI=1S/C13H19NO4S/c1-9(2)11-5-7-12(8-6-11)19(16,17)14-13(15)10(3)18-4/h5-10H,1-4H3,(H,14,15). The Balaban J connectivity index is 2.92. The van der Waals surface area contributed by atoms with Gasteiger partial charge in [0.25, 0.3) is 15.9 Å². The molecule has 0 aromatic heterocycles. The van der Waals surface area contributed by atoms with Gasteiger partial charge in [0.2, 0.25) is 0 Å². The van der Waals surface area contributed by atoms with Crippen LogP contribution in [0.2, 0.25) is 0 Å². The zero-order valence-electron chi connectivity index (χ0n) is 11.5. The number of methoxy groups -OCH3 is 1. The van der Waals surface area contributed by atoms with Gasteiger partial charge in [-0.3, -0.25) is 4.79 Å². The Morgan fingerprint density at radius 3 is 2.11 bits per heavy atom. The second-order valence-corrected chi connectivity index (χ2v) is 6.25. The van der Waals surface area contributed by atoms with Crippen molar-refractivity contribution in [3.8, 4) is 0 Å². The lowest BCUT2D eigenvalue weighted by molar-refractivity contribution is -0.128. The van der Waals surface area contributed by atoms with Crippen LogP contribution in [0.15, 0.2) is 29.2 Å².